The van der Waals surface area contributed by atoms with Gasteiger partial charge in [0.25, 0.3) is 0 Å². The van der Waals surface area contributed by atoms with Gasteiger partial charge in [-0.1, -0.05) is 0 Å². The van der Waals surface area contributed by atoms with Gasteiger partial charge in [0, 0.05) is 23.1 Å². The molecule has 1 unspecified atom stereocenters. The zero-order valence-corrected chi connectivity index (χ0v) is 11.4. The molecule has 0 aliphatic carbocycles. The Kier molecular flexibility index (Phi) is 4.26. The Balaban J connectivity index is 2.08. The van der Waals surface area contributed by atoms with Gasteiger partial charge in [-0.2, -0.15) is 0 Å². The van der Waals surface area contributed by atoms with Crippen molar-refractivity contribution in [1.82, 2.24) is 10.3 Å². The second-order valence-electron chi connectivity index (χ2n) is 4.81. The Morgan fingerprint density at radius 1 is 1.39 bits per heavy atom. The molecule has 0 radical (unpaired) electrons. The van der Waals surface area contributed by atoms with E-state index in [0.717, 1.165) is 12.2 Å². The summed E-state index contributed by atoms with van der Waals surface area (Å²) in [6.45, 7) is 2.22. The summed E-state index contributed by atoms with van der Waals surface area (Å²) in [4.78, 5) is 3.32. The minimum absolute atomic E-state index is 0.588. The maximum absolute atomic E-state index is 5.28. The molecule has 1 heterocycles. The fourth-order valence-electron chi connectivity index (χ4n) is 2.23. The molecule has 0 spiro atoms. The van der Waals surface area contributed by atoms with Gasteiger partial charge in [-0.15, -0.1) is 0 Å². The molecule has 2 rings (SSSR count). The first-order valence-corrected chi connectivity index (χ1v) is 6.56. The highest BCUT2D eigenvalue weighted by molar-refractivity contribution is 5.84. The Bertz CT molecular complexity index is 504. The summed E-state index contributed by atoms with van der Waals surface area (Å²) in [6.07, 6.45) is 5.63. The number of ether oxygens (including phenoxy) is 1. The standard InChI is InChI=1S/C15H22N2O/c1-11(16-2)5-4-6-12-10-17-15-8-7-13(18-3)9-14(12)15/h7-11,16-17H,4-6H2,1-3H3. The van der Waals surface area contributed by atoms with Crippen LogP contribution in [0.4, 0.5) is 0 Å². The van der Waals surface area contributed by atoms with Crippen LogP contribution in [-0.4, -0.2) is 25.2 Å². The number of H-pyrrole nitrogens is 1. The summed E-state index contributed by atoms with van der Waals surface area (Å²) < 4.78 is 5.28. The normalized spacial score (nSPS) is 12.8. The van der Waals surface area contributed by atoms with Crippen LogP contribution in [0.1, 0.15) is 25.3 Å². The lowest BCUT2D eigenvalue weighted by atomic mass is 10.0. The molecule has 0 aliphatic heterocycles. The quantitative estimate of drug-likeness (QED) is 0.821. The van der Waals surface area contributed by atoms with Crippen LogP contribution in [-0.2, 0) is 6.42 Å². The average molecular weight is 246 g/mol. The van der Waals surface area contributed by atoms with E-state index in [-0.39, 0.29) is 0 Å². The smallest absolute Gasteiger partial charge is 0.119 e. The van der Waals surface area contributed by atoms with Crippen molar-refractivity contribution in [3.05, 3.63) is 30.0 Å². The summed E-state index contributed by atoms with van der Waals surface area (Å²) in [5, 5.41) is 4.56. The van der Waals surface area contributed by atoms with Crippen LogP contribution in [0.2, 0.25) is 0 Å². The zero-order chi connectivity index (χ0) is 13.0. The summed E-state index contributed by atoms with van der Waals surface area (Å²) in [7, 11) is 3.73. The van der Waals surface area contributed by atoms with E-state index in [1.165, 1.54) is 29.3 Å². The van der Waals surface area contributed by atoms with Gasteiger partial charge in [0.2, 0.25) is 0 Å². The van der Waals surface area contributed by atoms with E-state index in [9.17, 15) is 0 Å². The van der Waals surface area contributed by atoms with Gasteiger partial charge in [0.15, 0.2) is 0 Å². The molecule has 18 heavy (non-hydrogen) atoms. The first kappa shape index (κ1) is 13.0. The Hall–Kier alpha value is -1.48. The molecule has 1 aromatic carbocycles. The van der Waals surface area contributed by atoms with Crippen LogP contribution in [0.5, 0.6) is 5.75 Å². The van der Waals surface area contributed by atoms with E-state index < -0.39 is 0 Å². The zero-order valence-electron chi connectivity index (χ0n) is 11.4. The lowest BCUT2D eigenvalue weighted by Gasteiger charge is -2.09. The fourth-order valence-corrected chi connectivity index (χ4v) is 2.23. The van der Waals surface area contributed by atoms with Crippen LogP contribution in [0.25, 0.3) is 10.9 Å². The van der Waals surface area contributed by atoms with Crippen molar-refractivity contribution >= 4 is 10.9 Å². The predicted octanol–water partition coefficient (Wildman–Crippen LogP) is 3.11. The van der Waals surface area contributed by atoms with E-state index >= 15 is 0 Å². The van der Waals surface area contributed by atoms with E-state index in [2.05, 4.69) is 35.6 Å². The number of aromatic nitrogens is 1. The summed E-state index contributed by atoms with van der Waals surface area (Å²) in [5.41, 5.74) is 2.57. The topological polar surface area (TPSA) is 37.0 Å². The molecule has 0 saturated heterocycles. The molecule has 0 bridgehead atoms. The lowest BCUT2D eigenvalue weighted by Crippen LogP contribution is -2.20. The highest BCUT2D eigenvalue weighted by atomic mass is 16.5. The molecule has 0 amide bonds. The molecule has 98 valence electrons. The van der Waals surface area contributed by atoms with E-state index in [1.54, 1.807) is 7.11 Å². The molecular formula is C15H22N2O. The highest BCUT2D eigenvalue weighted by Crippen LogP contribution is 2.24. The molecule has 1 aromatic heterocycles. The van der Waals surface area contributed by atoms with E-state index in [1.807, 2.05) is 13.1 Å². The Morgan fingerprint density at radius 2 is 2.22 bits per heavy atom. The van der Waals surface area contributed by atoms with Crippen molar-refractivity contribution in [1.29, 1.82) is 0 Å². The second kappa shape index (κ2) is 5.91. The molecule has 0 fully saturated rings. The molecule has 3 nitrogen and oxygen atoms in total. The van der Waals surface area contributed by atoms with Gasteiger partial charge < -0.3 is 15.0 Å². The molecular weight excluding hydrogens is 224 g/mol. The number of hydrogen-bond acceptors (Lipinski definition) is 2. The van der Waals surface area contributed by atoms with Gasteiger partial charge in [0.1, 0.15) is 5.75 Å². The third-order valence-corrected chi connectivity index (χ3v) is 3.55. The van der Waals surface area contributed by atoms with Gasteiger partial charge >= 0.3 is 0 Å². The van der Waals surface area contributed by atoms with Crippen molar-refractivity contribution < 1.29 is 4.74 Å². The molecule has 1 atom stereocenters. The molecule has 3 heteroatoms. The van der Waals surface area contributed by atoms with Crippen LogP contribution in [0.3, 0.4) is 0 Å². The van der Waals surface area contributed by atoms with Crippen molar-refractivity contribution in [2.24, 2.45) is 0 Å². The van der Waals surface area contributed by atoms with Crippen molar-refractivity contribution in [2.45, 2.75) is 32.2 Å². The summed E-state index contributed by atoms with van der Waals surface area (Å²) in [6, 6.07) is 6.77. The number of hydrogen-bond donors (Lipinski definition) is 2. The van der Waals surface area contributed by atoms with Gasteiger partial charge in [-0.3, -0.25) is 0 Å². The predicted molar refractivity (Wildman–Crippen MR) is 76.3 cm³/mol. The van der Waals surface area contributed by atoms with Crippen LogP contribution in [0.15, 0.2) is 24.4 Å². The number of methoxy groups -OCH3 is 1. The number of benzene rings is 1. The fraction of sp³-hybridized carbons (Fsp3) is 0.467. The minimum atomic E-state index is 0.588. The Morgan fingerprint density at radius 3 is 2.94 bits per heavy atom. The van der Waals surface area contributed by atoms with Gasteiger partial charge in [-0.05, 0) is 57.0 Å². The maximum atomic E-state index is 5.28. The summed E-state index contributed by atoms with van der Waals surface area (Å²) >= 11 is 0. The van der Waals surface area contributed by atoms with Crippen LogP contribution < -0.4 is 10.1 Å². The minimum Gasteiger partial charge on any atom is -0.497 e. The second-order valence-corrected chi connectivity index (χ2v) is 4.81. The number of nitrogens with one attached hydrogen (secondary N) is 2. The molecule has 2 aromatic rings. The molecule has 0 saturated carbocycles. The largest absolute Gasteiger partial charge is 0.497 e. The maximum Gasteiger partial charge on any atom is 0.119 e. The number of aryl methyl sites for hydroxylation is 1. The molecule has 0 aliphatic rings. The number of fused-ring (bicyclic) bond motifs is 1. The first-order chi connectivity index (χ1) is 8.74. The monoisotopic (exact) mass is 246 g/mol. The lowest BCUT2D eigenvalue weighted by molar-refractivity contribution is 0.415. The van der Waals surface area contributed by atoms with Crippen LogP contribution in [0, 0.1) is 0 Å². The van der Waals surface area contributed by atoms with Gasteiger partial charge in [0.05, 0.1) is 7.11 Å². The van der Waals surface area contributed by atoms with Crippen molar-refractivity contribution in [3.8, 4) is 5.75 Å². The Labute approximate surface area is 109 Å². The third kappa shape index (κ3) is 2.85. The van der Waals surface area contributed by atoms with Crippen LogP contribution >= 0.6 is 0 Å². The SMILES string of the molecule is CNC(C)CCCc1c[nH]c2ccc(OC)cc12. The van der Waals surface area contributed by atoms with Crippen molar-refractivity contribution in [2.75, 3.05) is 14.2 Å². The van der Waals surface area contributed by atoms with Gasteiger partial charge in [-0.25, -0.2) is 0 Å². The van der Waals surface area contributed by atoms with E-state index in [0.29, 0.717) is 6.04 Å². The molecule has 2 N–H and O–H groups in total. The third-order valence-electron chi connectivity index (χ3n) is 3.55. The van der Waals surface area contributed by atoms with E-state index in [4.69, 9.17) is 4.74 Å². The average Bonchev–Trinajstić information content (AvgIpc) is 2.81. The van der Waals surface area contributed by atoms with Crippen molar-refractivity contribution in [3.63, 3.8) is 0 Å². The first-order valence-electron chi connectivity index (χ1n) is 6.56. The number of rotatable bonds is 6. The number of aromatic amines is 1. The summed E-state index contributed by atoms with van der Waals surface area (Å²) in [5.74, 6) is 0.923. The highest BCUT2D eigenvalue weighted by Gasteiger charge is 2.06.